The Kier molecular flexibility index (Phi) is 4.22. The molecular formula is C14H24N2O4. The first kappa shape index (κ1) is 15.1. The number of carbonyl (C=O) groups excluding carboxylic acids is 1. The van der Waals surface area contributed by atoms with E-state index in [-0.39, 0.29) is 6.03 Å². The van der Waals surface area contributed by atoms with Crippen LogP contribution in [0.1, 0.15) is 51.9 Å². The van der Waals surface area contributed by atoms with Crippen LogP contribution in [0.25, 0.3) is 0 Å². The predicted octanol–water partition coefficient (Wildman–Crippen LogP) is 1.33. The summed E-state index contributed by atoms with van der Waals surface area (Å²) in [7, 11) is 0. The van der Waals surface area contributed by atoms with E-state index in [9.17, 15) is 19.8 Å². The molecule has 1 heterocycles. The first-order valence-electron chi connectivity index (χ1n) is 7.38. The summed E-state index contributed by atoms with van der Waals surface area (Å²) >= 11 is 0. The minimum atomic E-state index is -1.09. The Morgan fingerprint density at radius 3 is 2.30 bits per heavy atom. The van der Waals surface area contributed by atoms with Crippen LogP contribution in [-0.2, 0) is 4.79 Å². The van der Waals surface area contributed by atoms with Crippen LogP contribution in [0, 0.1) is 0 Å². The fraction of sp³-hybridized carbons (Fsp3) is 0.857. The van der Waals surface area contributed by atoms with Crippen molar-refractivity contribution in [3.63, 3.8) is 0 Å². The maximum atomic E-state index is 12.3. The fourth-order valence-electron chi connectivity index (χ4n) is 3.12. The van der Waals surface area contributed by atoms with E-state index in [0.717, 1.165) is 19.3 Å². The second-order valence-corrected chi connectivity index (χ2v) is 6.36. The molecule has 1 saturated carbocycles. The van der Waals surface area contributed by atoms with E-state index in [1.165, 1.54) is 0 Å². The minimum Gasteiger partial charge on any atom is -0.480 e. The Labute approximate surface area is 119 Å². The number of aliphatic hydroxyl groups is 1. The molecule has 0 aromatic rings. The molecule has 0 radical (unpaired) electrons. The Hall–Kier alpha value is -1.30. The van der Waals surface area contributed by atoms with Crippen molar-refractivity contribution in [1.82, 2.24) is 10.2 Å². The summed E-state index contributed by atoms with van der Waals surface area (Å²) in [6.45, 7) is 2.82. The number of hydrogen-bond donors (Lipinski definition) is 3. The summed E-state index contributed by atoms with van der Waals surface area (Å²) in [6, 6.07) is -0.313. The second-order valence-electron chi connectivity index (χ2n) is 6.36. The van der Waals surface area contributed by atoms with Gasteiger partial charge in [-0.05, 0) is 39.0 Å². The summed E-state index contributed by atoms with van der Waals surface area (Å²) < 4.78 is 0. The normalized spacial score (nSPS) is 29.8. The van der Waals surface area contributed by atoms with E-state index in [0.29, 0.717) is 38.8 Å². The van der Waals surface area contributed by atoms with Gasteiger partial charge in [-0.3, -0.25) is 0 Å². The Morgan fingerprint density at radius 2 is 1.70 bits per heavy atom. The minimum absolute atomic E-state index is 0.313. The van der Waals surface area contributed by atoms with Crippen LogP contribution in [0.4, 0.5) is 4.79 Å². The summed E-state index contributed by atoms with van der Waals surface area (Å²) in [5, 5.41) is 22.1. The van der Waals surface area contributed by atoms with Crippen molar-refractivity contribution >= 4 is 12.0 Å². The number of nitrogens with one attached hydrogen (secondary N) is 1. The topological polar surface area (TPSA) is 89.9 Å². The molecule has 1 saturated heterocycles. The van der Waals surface area contributed by atoms with Gasteiger partial charge >= 0.3 is 12.0 Å². The number of carboxylic acids is 1. The second kappa shape index (κ2) is 5.60. The highest BCUT2D eigenvalue weighted by molar-refractivity contribution is 5.86. The molecule has 2 fully saturated rings. The lowest BCUT2D eigenvalue weighted by Crippen LogP contribution is -2.56. The van der Waals surface area contributed by atoms with Gasteiger partial charge in [0.1, 0.15) is 5.54 Å². The molecule has 20 heavy (non-hydrogen) atoms. The molecule has 2 amide bonds. The van der Waals surface area contributed by atoms with E-state index in [4.69, 9.17) is 0 Å². The van der Waals surface area contributed by atoms with Gasteiger partial charge in [0.15, 0.2) is 0 Å². The van der Waals surface area contributed by atoms with Crippen molar-refractivity contribution in [3.8, 4) is 0 Å². The average molecular weight is 284 g/mol. The van der Waals surface area contributed by atoms with Gasteiger partial charge in [-0.1, -0.05) is 12.8 Å². The van der Waals surface area contributed by atoms with Gasteiger partial charge in [0, 0.05) is 13.1 Å². The molecule has 1 aliphatic heterocycles. The number of amides is 2. The number of carboxylic acid groups (broad SMARTS) is 1. The third kappa shape index (κ3) is 3.23. The van der Waals surface area contributed by atoms with Crippen molar-refractivity contribution in [3.05, 3.63) is 0 Å². The molecule has 114 valence electrons. The highest BCUT2D eigenvalue weighted by atomic mass is 16.4. The Morgan fingerprint density at radius 1 is 1.05 bits per heavy atom. The summed E-state index contributed by atoms with van der Waals surface area (Å²) in [6.07, 6.45) is 4.60. The molecule has 2 aliphatic rings. The van der Waals surface area contributed by atoms with Crippen molar-refractivity contribution in [2.75, 3.05) is 13.1 Å². The molecular weight excluding hydrogens is 260 g/mol. The monoisotopic (exact) mass is 284 g/mol. The standard InChI is InChI=1S/C14H24N2O4/c1-13(20)5-4-9-16(10-8-13)12(19)15-14(11(17)18)6-2-3-7-14/h20H,2-10H2,1H3,(H,15,19)(H,17,18). The molecule has 6 nitrogen and oxygen atoms in total. The molecule has 6 heteroatoms. The van der Waals surface area contributed by atoms with Gasteiger partial charge in [-0.15, -0.1) is 0 Å². The maximum Gasteiger partial charge on any atom is 0.329 e. The van der Waals surface area contributed by atoms with Crippen molar-refractivity contribution in [2.45, 2.75) is 63.0 Å². The van der Waals surface area contributed by atoms with Crippen LogP contribution in [0.3, 0.4) is 0 Å². The first-order valence-corrected chi connectivity index (χ1v) is 7.38. The fourth-order valence-corrected chi connectivity index (χ4v) is 3.12. The highest BCUT2D eigenvalue weighted by Gasteiger charge is 2.43. The lowest BCUT2D eigenvalue weighted by atomic mass is 9.98. The number of urea groups is 1. The zero-order valence-corrected chi connectivity index (χ0v) is 12.0. The van der Waals surface area contributed by atoms with Crippen molar-refractivity contribution in [2.24, 2.45) is 0 Å². The van der Waals surface area contributed by atoms with Crippen LogP contribution in [-0.4, -0.2) is 51.3 Å². The SMILES string of the molecule is CC1(O)CCCN(C(=O)NC2(C(=O)O)CCCC2)CC1. The van der Waals surface area contributed by atoms with E-state index in [1.54, 1.807) is 11.8 Å². The van der Waals surface area contributed by atoms with E-state index in [1.807, 2.05) is 0 Å². The van der Waals surface area contributed by atoms with E-state index < -0.39 is 17.1 Å². The maximum absolute atomic E-state index is 12.3. The third-order valence-electron chi connectivity index (χ3n) is 4.56. The Bertz CT molecular complexity index is 389. The van der Waals surface area contributed by atoms with Crippen molar-refractivity contribution < 1.29 is 19.8 Å². The predicted molar refractivity (Wildman–Crippen MR) is 73.4 cm³/mol. The average Bonchev–Trinajstić information content (AvgIpc) is 2.75. The molecule has 1 unspecified atom stereocenters. The van der Waals surface area contributed by atoms with Crippen LogP contribution in [0.5, 0.6) is 0 Å². The summed E-state index contributed by atoms with van der Waals surface area (Å²) in [4.78, 5) is 25.4. The van der Waals surface area contributed by atoms with E-state index >= 15 is 0 Å². The number of aliphatic carboxylic acids is 1. The molecule has 3 N–H and O–H groups in total. The van der Waals surface area contributed by atoms with Gasteiger partial charge < -0.3 is 20.4 Å². The zero-order chi connectivity index (χ0) is 14.8. The number of hydrogen-bond acceptors (Lipinski definition) is 3. The quantitative estimate of drug-likeness (QED) is 0.713. The molecule has 2 rings (SSSR count). The van der Waals surface area contributed by atoms with Crippen LogP contribution in [0.2, 0.25) is 0 Å². The lowest BCUT2D eigenvalue weighted by molar-refractivity contribution is -0.144. The van der Waals surface area contributed by atoms with Gasteiger partial charge in [0.2, 0.25) is 0 Å². The van der Waals surface area contributed by atoms with Crippen molar-refractivity contribution in [1.29, 1.82) is 0 Å². The van der Waals surface area contributed by atoms with E-state index in [2.05, 4.69) is 5.32 Å². The largest absolute Gasteiger partial charge is 0.480 e. The molecule has 0 bridgehead atoms. The highest BCUT2D eigenvalue weighted by Crippen LogP contribution is 2.30. The van der Waals surface area contributed by atoms with Gasteiger partial charge in [-0.2, -0.15) is 0 Å². The number of carbonyl (C=O) groups is 2. The molecule has 0 spiro atoms. The van der Waals surface area contributed by atoms with Crippen LogP contribution >= 0.6 is 0 Å². The number of rotatable bonds is 2. The molecule has 1 atom stereocenters. The van der Waals surface area contributed by atoms with Crippen LogP contribution in [0.15, 0.2) is 0 Å². The zero-order valence-electron chi connectivity index (χ0n) is 12.0. The summed E-state index contributed by atoms with van der Waals surface area (Å²) in [5.74, 6) is -0.940. The third-order valence-corrected chi connectivity index (χ3v) is 4.56. The van der Waals surface area contributed by atoms with Gasteiger partial charge in [0.05, 0.1) is 5.60 Å². The Balaban J connectivity index is 1.99. The molecule has 0 aromatic heterocycles. The number of likely N-dealkylation sites (tertiary alicyclic amines) is 1. The van der Waals surface area contributed by atoms with Gasteiger partial charge in [-0.25, -0.2) is 9.59 Å². The van der Waals surface area contributed by atoms with Gasteiger partial charge in [0.25, 0.3) is 0 Å². The lowest BCUT2D eigenvalue weighted by Gasteiger charge is -2.30. The molecule has 1 aliphatic carbocycles. The molecule has 0 aromatic carbocycles. The first-order chi connectivity index (χ1) is 9.35. The number of nitrogens with zero attached hydrogens (tertiary/aromatic N) is 1. The van der Waals surface area contributed by atoms with Crippen LogP contribution < -0.4 is 5.32 Å². The smallest absolute Gasteiger partial charge is 0.329 e. The summed E-state index contributed by atoms with van der Waals surface area (Å²) in [5.41, 5.74) is -1.82.